The number of urea groups is 1. The summed E-state index contributed by atoms with van der Waals surface area (Å²) >= 11 is 3.17. The summed E-state index contributed by atoms with van der Waals surface area (Å²) in [7, 11) is 1.23. The molecule has 0 atom stereocenters. The van der Waals surface area contributed by atoms with Crippen LogP contribution in [-0.2, 0) is 15.8 Å². The zero-order chi connectivity index (χ0) is 24.5. The Morgan fingerprint density at radius 1 is 1.06 bits per heavy atom. The molecule has 4 amide bonds. The normalized spacial score (nSPS) is 13.8. The predicted octanol–water partition coefficient (Wildman–Crippen LogP) is 3.93. The highest BCUT2D eigenvalue weighted by molar-refractivity contribution is 9.10. The lowest BCUT2D eigenvalue weighted by Gasteiger charge is -2.16. The number of hydrogen-bond donors (Lipinski definition) is 2. The Bertz CT molecular complexity index is 1210. The maximum atomic E-state index is 12.9. The van der Waals surface area contributed by atoms with Gasteiger partial charge in [0.1, 0.15) is 5.57 Å². The monoisotopic (exact) mass is 529 g/mol. The van der Waals surface area contributed by atoms with E-state index in [-0.39, 0.29) is 27.1 Å². The van der Waals surface area contributed by atoms with Gasteiger partial charge < -0.3 is 9.47 Å². The summed E-state index contributed by atoms with van der Waals surface area (Å²) in [5, 5.41) is 15.1. The van der Waals surface area contributed by atoms with E-state index in [0.29, 0.717) is 12.1 Å². The van der Waals surface area contributed by atoms with Crippen LogP contribution in [0.25, 0.3) is 6.08 Å². The number of barbiturate groups is 1. The summed E-state index contributed by atoms with van der Waals surface area (Å²) in [6.45, 7) is 0. The SMILES string of the molecule is COc1cc(C=C2C(=O)NC(=O)NC2=O)cc(Br)c1Oc1ccc(C(F)(F)F)cc1[N+](=O)[O-]. The van der Waals surface area contributed by atoms with Gasteiger partial charge in [0.25, 0.3) is 11.8 Å². The van der Waals surface area contributed by atoms with Crippen molar-refractivity contribution in [3.63, 3.8) is 0 Å². The van der Waals surface area contributed by atoms with Crippen LogP contribution in [-0.4, -0.2) is 29.9 Å². The summed E-state index contributed by atoms with van der Waals surface area (Å²) in [6, 6.07) is 3.47. The minimum atomic E-state index is -4.79. The van der Waals surface area contributed by atoms with Crippen molar-refractivity contribution in [3.8, 4) is 17.2 Å². The molecule has 0 aromatic heterocycles. The molecule has 2 aromatic rings. The summed E-state index contributed by atoms with van der Waals surface area (Å²) in [5.74, 6) is -2.49. The Hall–Kier alpha value is -3.94. The van der Waals surface area contributed by atoms with Gasteiger partial charge in [0.15, 0.2) is 11.5 Å². The quantitative estimate of drug-likeness (QED) is 0.259. The summed E-state index contributed by atoms with van der Waals surface area (Å²) in [4.78, 5) is 45.2. The molecule has 1 saturated heterocycles. The molecular weight excluding hydrogens is 519 g/mol. The zero-order valence-electron chi connectivity index (χ0n) is 16.3. The number of hydrogen-bond acceptors (Lipinski definition) is 7. The molecule has 10 nitrogen and oxygen atoms in total. The molecule has 14 heteroatoms. The van der Waals surface area contributed by atoms with Crippen LogP contribution in [0.1, 0.15) is 11.1 Å². The van der Waals surface area contributed by atoms with Gasteiger partial charge >= 0.3 is 17.9 Å². The molecule has 2 aromatic carbocycles. The van der Waals surface area contributed by atoms with E-state index in [2.05, 4.69) is 15.9 Å². The second-order valence-electron chi connectivity index (χ2n) is 6.37. The van der Waals surface area contributed by atoms with Gasteiger partial charge in [-0.2, -0.15) is 13.2 Å². The highest BCUT2D eigenvalue weighted by Gasteiger charge is 2.34. The average molecular weight is 530 g/mol. The minimum absolute atomic E-state index is 0.0295. The number of methoxy groups -OCH3 is 1. The molecule has 3 rings (SSSR count). The molecule has 0 radical (unpaired) electrons. The molecule has 1 fully saturated rings. The fraction of sp³-hybridized carbons (Fsp3) is 0.105. The molecule has 0 saturated carbocycles. The molecule has 0 aliphatic carbocycles. The van der Waals surface area contributed by atoms with Crippen molar-refractivity contribution in [2.75, 3.05) is 7.11 Å². The zero-order valence-corrected chi connectivity index (χ0v) is 17.9. The Labute approximate surface area is 190 Å². The first kappa shape index (κ1) is 23.7. The van der Waals surface area contributed by atoms with Crippen LogP contribution in [0.3, 0.4) is 0 Å². The van der Waals surface area contributed by atoms with Crippen molar-refractivity contribution in [3.05, 3.63) is 61.6 Å². The van der Waals surface area contributed by atoms with E-state index in [0.717, 1.165) is 12.1 Å². The van der Waals surface area contributed by atoms with Gasteiger partial charge in [-0.25, -0.2) is 4.79 Å². The number of nitro groups is 1. The van der Waals surface area contributed by atoms with E-state index >= 15 is 0 Å². The van der Waals surface area contributed by atoms with Crippen LogP contribution >= 0.6 is 15.9 Å². The van der Waals surface area contributed by atoms with Gasteiger partial charge in [0, 0.05) is 6.07 Å². The molecule has 33 heavy (non-hydrogen) atoms. The number of halogens is 4. The van der Waals surface area contributed by atoms with Crippen molar-refractivity contribution in [2.24, 2.45) is 0 Å². The topological polar surface area (TPSA) is 137 Å². The minimum Gasteiger partial charge on any atom is -0.493 e. The molecule has 2 N–H and O–H groups in total. The van der Waals surface area contributed by atoms with Gasteiger partial charge in [0.2, 0.25) is 5.75 Å². The fourth-order valence-electron chi connectivity index (χ4n) is 2.73. The maximum absolute atomic E-state index is 12.9. The van der Waals surface area contributed by atoms with Crippen LogP contribution < -0.4 is 20.1 Å². The summed E-state index contributed by atoms with van der Waals surface area (Å²) in [6.07, 6.45) is -3.65. The van der Waals surface area contributed by atoms with E-state index in [4.69, 9.17) is 9.47 Å². The van der Waals surface area contributed by atoms with E-state index in [1.54, 1.807) is 0 Å². The van der Waals surface area contributed by atoms with Crippen molar-refractivity contribution >= 4 is 45.5 Å². The Morgan fingerprint density at radius 2 is 1.70 bits per heavy atom. The number of amides is 4. The third kappa shape index (κ3) is 5.11. The van der Waals surface area contributed by atoms with Gasteiger partial charge in [-0.3, -0.25) is 30.3 Å². The number of benzene rings is 2. The van der Waals surface area contributed by atoms with E-state index in [1.165, 1.54) is 19.2 Å². The van der Waals surface area contributed by atoms with Gasteiger partial charge in [-0.05, 0) is 51.8 Å². The standard InChI is InChI=1S/C19H11BrF3N3O7/c1-32-14-6-8(4-10-16(27)24-18(29)25-17(10)28)5-11(20)15(14)33-13-3-2-9(19(21,22)23)7-12(13)26(30)31/h2-7H,1H3,(H2,24,25,27,28,29). The van der Waals surface area contributed by atoms with Gasteiger partial charge in [0.05, 0.1) is 22.1 Å². The number of carbonyl (C=O) groups excluding carboxylic acids is 3. The predicted molar refractivity (Wildman–Crippen MR) is 109 cm³/mol. The second kappa shape index (κ2) is 8.90. The van der Waals surface area contributed by atoms with Crippen molar-refractivity contribution in [1.82, 2.24) is 10.6 Å². The average Bonchev–Trinajstić information content (AvgIpc) is 2.71. The van der Waals surface area contributed by atoms with Crippen LogP contribution in [0.15, 0.2) is 40.4 Å². The highest BCUT2D eigenvalue weighted by Crippen LogP contribution is 2.43. The van der Waals surface area contributed by atoms with E-state index in [1.807, 2.05) is 10.6 Å². The molecular formula is C19H11BrF3N3O7. The molecule has 1 heterocycles. The second-order valence-corrected chi connectivity index (χ2v) is 7.22. The first-order valence-electron chi connectivity index (χ1n) is 8.70. The van der Waals surface area contributed by atoms with Crippen molar-refractivity contribution < 1.29 is 42.0 Å². The van der Waals surface area contributed by atoms with Gasteiger partial charge in [-0.1, -0.05) is 0 Å². The van der Waals surface area contributed by atoms with Crippen LogP contribution in [0, 0.1) is 10.1 Å². The van der Waals surface area contributed by atoms with Crippen LogP contribution in [0.5, 0.6) is 17.2 Å². The molecule has 172 valence electrons. The molecule has 0 spiro atoms. The van der Waals surface area contributed by atoms with E-state index < -0.39 is 45.9 Å². The maximum Gasteiger partial charge on any atom is 0.416 e. The Morgan fingerprint density at radius 3 is 2.24 bits per heavy atom. The highest BCUT2D eigenvalue weighted by atomic mass is 79.9. The lowest BCUT2D eigenvalue weighted by Crippen LogP contribution is -2.51. The summed E-state index contributed by atoms with van der Waals surface area (Å²) < 4.78 is 49.6. The number of carbonyl (C=O) groups is 3. The Kier molecular flexibility index (Phi) is 6.39. The molecule has 0 bridgehead atoms. The third-order valence-corrected chi connectivity index (χ3v) is 4.79. The lowest BCUT2D eigenvalue weighted by atomic mass is 10.1. The van der Waals surface area contributed by atoms with Gasteiger partial charge in [-0.15, -0.1) is 0 Å². The Balaban J connectivity index is 2.02. The number of imide groups is 2. The van der Waals surface area contributed by atoms with Crippen molar-refractivity contribution in [1.29, 1.82) is 0 Å². The number of nitro benzene ring substituents is 1. The first-order valence-corrected chi connectivity index (χ1v) is 9.49. The number of ether oxygens (including phenoxy) is 2. The lowest BCUT2D eigenvalue weighted by molar-refractivity contribution is -0.385. The molecule has 1 aliphatic heterocycles. The molecule has 0 unspecified atom stereocenters. The number of nitrogens with zero attached hydrogens (tertiary/aromatic N) is 1. The largest absolute Gasteiger partial charge is 0.493 e. The third-order valence-electron chi connectivity index (χ3n) is 4.20. The smallest absolute Gasteiger partial charge is 0.416 e. The van der Waals surface area contributed by atoms with Crippen molar-refractivity contribution in [2.45, 2.75) is 6.18 Å². The number of nitrogens with one attached hydrogen (secondary N) is 2. The number of rotatable bonds is 5. The van der Waals surface area contributed by atoms with Crippen LogP contribution in [0.2, 0.25) is 0 Å². The first-order chi connectivity index (χ1) is 15.4. The fourth-order valence-corrected chi connectivity index (χ4v) is 3.27. The molecule has 1 aliphatic rings. The van der Waals surface area contributed by atoms with Crippen LogP contribution in [0.4, 0.5) is 23.7 Å². The van der Waals surface area contributed by atoms with E-state index in [9.17, 15) is 37.7 Å². The summed E-state index contributed by atoms with van der Waals surface area (Å²) in [5.41, 5.74) is -2.29. The number of alkyl halides is 3.